The summed E-state index contributed by atoms with van der Waals surface area (Å²) in [5, 5.41) is 12.6. The average Bonchev–Trinajstić information content (AvgIpc) is 2.64. The number of aryl methyl sites for hydroxylation is 2. The molecular weight excluding hydrogens is 254 g/mol. The highest BCUT2D eigenvalue weighted by atomic mass is 16.4. The SMILES string of the molecule is Cc1nc(CNC(=O)NC(=O)/C=C/C(=O)O)oc1C. The van der Waals surface area contributed by atoms with E-state index >= 15 is 0 Å². The first-order valence-corrected chi connectivity index (χ1v) is 5.31. The molecule has 0 aliphatic heterocycles. The molecule has 102 valence electrons. The summed E-state index contributed by atoms with van der Waals surface area (Å²) in [5.41, 5.74) is 0.720. The summed E-state index contributed by atoms with van der Waals surface area (Å²) < 4.78 is 5.22. The summed E-state index contributed by atoms with van der Waals surface area (Å²) in [6.45, 7) is 3.53. The maximum atomic E-state index is 11.3. The van der Waals surface area contributed by atoms with Crippen LogP contribution < -0.4 is 10.6 Å². The fraction of sp³-hybridized carbons (Fsp3) is 0.273. The lowest BCUT2D eigenvalue weighted by molar-refractivity contribution is -0.131. The predicted molar refractivity (Wildman–Crippen MR) is 63.1 cm³/mol. The molecule has 1 heterocycles. The van der Waals surface area contributed by atoms with Gasteiger partial charge in [0.2, 0.25) is 5.89 Å². The van der Waals surface area contributed by atoms with Crippen molar-refractivity contribution < 1.29 is 23.9 Å². The Hall–Kier alpha value is -2.64. The minimum absolute atomic E-state index is 0.0242. The molecule has 0 spiro atoms. The number of carboxylic acid groups (broad SMARTS) is 1. The maximum absolute atomic E-state index is 11.3. The molecule has 0 atom stereocenters. The lowest BCUT2D eigenvalue weighted by atomic mass is 10.4. The van der Waals surface area contributed by atoms with E-state index in [0.29, 0.717) is 17.7 Å². The van der Waals surface area contributed by atoms with Crippen LogP contribution in [0, 0.1) is 13.8 Å². The van der Waals surface area contributed by atoms with Crippen molar-refractivity contribution in [3.8, 4) is 0 Å². The number of oxazole rings is 1. The van der Waals surface area contributed by atoms with Crippen molar-refractivity contribution in [2.75, 3.05) is 0 Å². The third-order valence-electron chi connectivity index (χ3n) is 2.09. The molecule has 1 aromatic heterocycles. The number of hydrogen-bond donors (Lipinski definition) is 3. The Kier molecular flexibility index (Phi) is 4.81. The summed E-state index contributed by atoms with van der Waals surface area (Å²) in [5.74, 6) is -1.14. The number of rotatable bonds is 4. The number of nitrogens with zero attached hydrogens (tertiary/aromatic N) is 1. The van der Waals surface area contributed by atoms with E-state index in [0.717, 1.165) is 11.8 Å². The molecule has 0 radical (unpaired) electrons. The van der Waals surface area contributed by atoms with Gasteiger partial charge in [-0.1, -0.05) is 0 Å². The smallest absolute Gasteiger partial charge is 0.328 e. The van der Waals surface area contributed by atoms with Gasteiger partial charge in [0, 0.05) is 12.2 Å². The fourth-order valence-corrected chi connectivity index (χ4v) is 1.12. The summed E-state index contributed by atoms with van der Waals surface area (Å²) in [6.07, 6.45) is 1.37. The van der Waals surface area contributed by atoms with Gasteiger partial charge in [0.1, 0.15) is 5.76 Å². The molecule has 0 saturated heterocycles. The van der Waals surface area contributed by atoms with Crippen LogP contribution in [0.4, 0.5) is 4.79 Å². The zero-order chi connectivity index (χ0) is 14.4. The van der Waals surface area contributed by atoms with Gasteiger partial charge >= 0.3 is 12.0 Å². The van der Waals surface area contributed by atoms with Gasteiger partial charge in [0.25, 0.3) is 5.91 Å². The number of carbonyl (C=O) groups excluding carboxylic acids is 2. The van der Waals surface area contributed by atoms with Gasteiger partial charge in [-0.2, -0.15) is 0 Å². The number of amides is 3. The number of imide groups is 1. The molecule has 19 heavy (non-hydrogen) atoms. The zero-order valence-corrected chi connectivity index (χ0v) is 10.4. The van der Waals surface area contributed by atoms with Gasteiger partial charge in [0.15, 0.2) is 0 Å². The van der Waals surface area contributed by atoms with E-state index in [2.05, 4.69) is 10.3 Å². The number of urea groups is 1. The van der Waals surface area contributed by atoms with Gasteiger partial charge in [0.05, 0.1) is 12.2 Å². The second-order valence-corrected chi connectivity index (χ2v) is 3.59. The first kappa shape index (κ1) is 14.4. The third kappa shape index (κ3) is 5.02. The number of carboxylic acids is 1. The van der Waals surface area contributed by atoms with Gasteiger partial charge in [-0.15, -0.1) is 0 Å². The van der Waals surface area contributed by atoms with Crippen LogP contribution in [-0.2, 0) is 16.1 Å². The van der Waals surface area contributed by atoms with Gasteiger partial charge in [-0.3, -0.25) is 10.1 Å². The number of nitrogens with one attached hydrogen (secondary N) is 2. The first-order valence-electron chi connectivity index (χ1n) is 5.31. The monoisotopic (exact) mass is 267 g/mol. The van der Waals surface area contributed by atoms with Crippen LogP contribution in [0.5, 0.6) is 0 Å². The second kappa shape index (κ2) is 6.34. The predicted octanol–water partition coefficient (Wildman–Crippen LogP) is 0.258. The Balaban J connectivity index is 2.39. The first-order chi connectivity index (χ1) is 8.88. The number of aromatic nitrogens is 1. The molecule has 0 bridgehead atoms. The number of carbonyl (C=O) groups is 3. The Morgan fingerprint density at radius 3 is 2.53 bits per heavy atom. The number of hydrogen-bond acceptors (Lipinski definition) is 5. The normalized spacial score (nSPS) is 10.4. The van der Waals surface area contributed by atoms with E-state index in [4.69, 9.17) is 9.52 Å². The van der Waals surface area contributed by atoms with Crippen molar-refractivity contribution in [2.24, 2.45) is 0 Å². The Morgan fingerprint density at radius 2 is 2.00 bits per heavy atom. The lowest BCUT2D eigenvalue weighted by Crippen LogP contribution is -2.38. The summed E-state index contributed by atoms with van der Waals surface area (Å²) >= 11 is 0. The summed E-state index contributed by atoms with van der Waals surface area (Å²) in [7, 11) is 0. The highest BCUT2D eigenvalue weighted by molar-refractivity contribution is 6.02. The molecule has 0 unspecified atom stereocenters. The Bertz CT molecular complexity index is 513. The van der Waals surface area contributed by atoms with Crippen molar-refractivity contribution >= 4 is 17.9 Å². The van der Waals surface area contributed by atoms with E-state index in [-0.39, 0.29) is 6.54 Å². The van der Waals surface area contributed by atoms with E-state index in [9.17, 15) is 14.4 Å². The van der Waals surface area contributed by atoms with Crippen LogP contribution in [0.25, 0.3) is 0 Å². The molecule has 3 amide bonds. The highest BCUT2D eigenvalue weighted by Crippen LogP contribution is 2.07. The molecule has 0 aliphatic rings. The van der Waals surface area contributed by atoms with Crippen LogP contribution in [-0.4, -0.2) is 28.0 Å². The number of aliphatic carboxylic acids is 1. The molecule has 0 aliphatic carbocycles. The zero-order valence-electron chi connectivity index (χ0n) is 10.4. The van der Waals surface area contributed by atoms with Gasteiger partial charge in [-0.05, 0) is 13.8 Å². The van der Waals surface area contributed by atoms with Gasteiger partial charge in [-0.25, -0.2) is 14.6 Å². The fourth-order valence-electron chi connectivity index (χ4n) is 1.12. The van der Waals surface area contributed by atoms with Crippen molar-refractivity contribution in [3.05, 3.63) is 29.5 Å². The van der Waals surface area contributed by atoms with Crippen LogP contribution >= 0.6 is 0 Å². The van der Waals surface area contributed by atoms with E-state index < -0.39 is 17.9 Å². The quantitative estimate of drug-likeness (QED) is 0.672. The van der Waals surface area contributed by atoms with Crippen LogP contribution in [0.1, 0.15) is 17.3 Å². The summed E-state index contributed by atoms with van der Waals surface area (Å²) in [4.78, 5) is 36.5. The highest BCUT2D eigenvalue weighted by Gasteiger charge is 2.08. The molecule has 3 N–H and O–H groups in total. The molecule has 1 rings (SSSR count). The Morgan fingerprint density at radius 1 is 1.32 bits per heavy atom. The molecule has 0 saturated carbocycles. The summed E-state index contributed by atoms with van der Waals surface area (Å²) in [6, 6.07) is -0.770. The molecule has 0 aromatic carbocycles. The van der Waals surface area contributed by atoms with E-state index in [1.54, 1.807) is 13.8 Å². The minimum Gasteiger partial charge on any atom is -0.478 e. The minimum atomic E-state index is -1.28. The average molecular weight is 267 g/mol. The Labute approximate surface area is 108 Å². The van der Waals surface area contributed by atoms with E-state index in [1.165, 1.54) is 0 Å². The third-order valence-corrected chi connectivity index (χ3v) is 2.09. The van der Waals surface area contributed by atoms with Crippen LogP contribution in [0.3, 0.4) is 0 Å². The molecule has 1 aromatic rings. The van der Waals surface area contributed by atoms with Crippen molar-refractivity contribution in [1.29, 1.82) is 0 Å². The maximum Gasteiger partial charge on any atom is 0.328 e. The topological polar surface area (TPSA) is 122 Å². The van der Waals surface area contributed by atoms with Crippen molar-refractivity contribution in [1.82, 2.24) is 15.6 Å². The van der Waals surface area contributed by atoms with Crippen molar-refractivity contribution in [2.45, 2.75) is 20.4 Å². The molecule has 8 nitrogen and oxygen atoms in total. The standard InChI is InChI=1S/C11H13N3O5/c1-6-7(2)19-9(13-6)5-12-11(18)14-8(15)3-4-10(16)17/h3-4H,5H2,1-2H3,(H,16,17)(H2,12,14,15,18)/b4-3+. The largest absolute Gasteiger partial charge is 0.478 e. The lowest BCUT2D eigenvalue weighted by Gasteiger charge is -2.01. The van der Waals surface area contributed by atoms with E-state index in [1.807, 2.05) is 5.32 Å². The molecular formula is C11H13N3O5. The second-order valence-electron chi connectivity index (χ2n) is 3.59. The molecule has 0 fully saturated rings. The molecule has 8 heteroatoms. The van der Waals surface area contributed by atoms with Gasteiger partial charge < -0.3 is 14.8 Å². The van der Waals surface area contributed by atoms with Crippen LogP contribution in [0.15, 0.2) is 16.6 Å². The van der Waals surface area contributed by atoms with Crippen molar-refractivity contribution in [3.63, 3.8) is 0 Å². The van der Waals surface area contributed by atoms with Crippen LogP contribution in [0.2, 0.25) is 0 Å².